The van der Waals surface area contributed by atoms with Gasteiger partial charge in [-0.2, -0.15) is 0 Å². The summed E-state index contributed by atoms with van der Waals surface area (Å²) in [5.41, 5.74) is 0.675. The van der Waals surface area contributed by atoms with Gasteiger partial charge in [0.15, 0.2) is 0 Å². The van der Waals surface area contributed by atoms with Gasteiger partial charge in [0.05, 0.1) is 7.11 Å². The van der Waals surface area contributed by atoms with Crippen LogP contribution in [-0.2, 0) is 16.0 Å². The smallest absolute Gasteiger partial charge is 0.411 e. The first-order valence-corrected chi connectivity index (χ1v) is 10.9. The molecule has 2 saturated heterocycles. The molecule has 1 spiro atoms. The maximum Gasteiger partial charge on any atom is 0.411 e. The number of hydrogen-bond acceptors (Lipinski definition) is 5. The van der Waals surface area contributed by atoms with Crippen molar-refractivity contribution < 1.29 is 29.0 Å². The molecule has 2 unspecified atom stereocenters. The van der Waals surface area contributed by atoms with Crippen molar-refractivity contribution in [2.75, 3.05) is 37.5 Å². The molecule has 2 N–H and O–H groups in total. The topological polar surface area (TPSA) is 119 Å². The third-order valence-corrected chi connectivity index (χ3v) is 6.58. The number of amides is 5. The summed E-state index contributed by atoms with van der Waals surface area (Å²) in [6, 6.07) is 15.6. The molecule has 34 heavy (non-hydrogen) atoms. The van der Waals surface area contributed by atoms with Crippen LogP contribution < -0.4 is 10.2 Å². The average molecular weight is 466 g/mol. The van der Waals surface area contributed by atoms with E-state index in [-0.39, 0.29) is 25.4 Å². The molecule has 0 bridgehead atoms. The molecule has 0 radical (unpaired) electrons. The fourth-order valence-corrected chi connectivity index (χ4v) is 4.90. The second-order valence-electron chi connectivity index (χ2n) is 8.44. The highest BCUT2D eigenvalue weighted by molar-refractivity contribution is 6.17. The summed E-state index contributed by atoms with van der Waals surface area (Å²) in [7, 11) is 2.71. The summed E-state index contributed by atoms with van der Waals surface area (Å²) in [6.07, 6.45) is -1.08. The minimum atomic E-state index is -1.23. The Kier molecular flexibility index (Phi) is 6.14. The van der Waals surface area contributed by atoms with Crippen molar-refractivity contribution in [3.05, 3.63) is 60.2 Å². The number of likely N-dealkylation sites (tertiary alicyclic amines) is 1. The second kappa shape index (κ2) is 9.05. The maximum absolute atomic E-state index is 13.6. The molecule has 0 saturated carbocycles. The second-order valence-corrected chi connectivity index (χ2v) is 8.44. The molecule has 2 aliphatic heterocycles. The van der Waals surface area contributed by atoms with Crippen LogP contribution in [0.5, 0.6) is 0 Å². The van der Waals surface area contributed by atoms with E-state index in [9.17, 15) is 24.3 Å². The first-order chi connectivity index (χ1) is 16.3. The number of nitrogens with zero attached hydrogens (tertiary/aromatic N) is 3. The minimum Gasteiger partial charge on any atom is -0.465 e. The van der Waals surface area contributed by atoms with Crippen LogP contribution in [0, 0.1) is 5.92 Å². The predicted octanol–water partition coefficient (Wildman–Crippen LogP) is 3.24. The molecule has 2 fully saturated rings. The number of nitrogens with one attached hydrogen (secondary N) is 1. The molecule has 2 aliphatic rings. The van der Waals surface area contributed by atoms with Gasteiger partial charge < -0.3 is 14.7 Å². The van der Waals surface area contributed by atoms with Crippen molar-refractivity contribution in [3.8, 4) is 0 Å². The fraction of sp³-hybridized carbons (Fsp3) is 0.333. The van der Waals surface area contributed by atoms with Crippen molar-refractivity contribution in [2.45, 2.75) is 18.4 Å². The monoisotopic (exact) mass is 466 g/mol. The van der Waals surface area contributed by atoms with Crippen LogP contribution in [0.4, 0.5) is 25.8 Å². The summed E-state index contributed by atoms with van der Waals surface area (Å²) >= 11 is 0. The zero-order valence-corrected chi connectivity index (χ0v) is 18.9. The van der Waals surface area contributed by atoms with E-state index in [4.69, 9.17) is 0 Å². The highest BCUT2D eigenvalue weighted by Gasteiger charge is 2.62. The van der Waals surface area contributed by atoms with Gasteiger partial charge in [0.2, 0.25) is 0 Å². The Balaban J connectivity index is 1.75. The molecule has 4 rings (SSSR count). The van der Waals surface area contributed by atoms with Gasteiger partial charge in [0.25, 0.3) is 5.91 Å². The zero-order chi connectivity index (χ0) is 24.5. The Morgan fingerprint density at radius 2 is 1.79 bits per heavy atom. The molecular formula is C24H26N4O6. The van der Waals surface area contributed by atoms with E-state index >= 15 is 0 Å². The van der Waals surface area contributed by atoms with Gasteiger partial charge in [-0.3, -0.25) is 19.9 Å². The largest absolute Gasteiger partial charge is 0.465 e. The number of urea groups is 1. The van der Waals surface area contributed by atoms with E-state index in [1.807, 2.05) is 30.3 Å². The summed E-state index contributed by atoms with van der Waals surface area (Å²) in [5.74, 6) is -0.811. The van der Waals surface area contributed by atoms with Crippen LogP contribution in [-0.4, -0.2) is 71.8 Å². The first kappa shape index (κ1) is 23.1. The van der Waals surface area contributed by atoms with Gasteiger partial charge in [-0.15, -0.1) is 0 Å². The quantitative estimate of drug-likeness (QED) is 0.668. The predicted molar refractivity (Wildman–Crippen MR) is 124 cm³/mol. The molecule has 0 aromatic heterocycles. The fourth-order valence-electron chi connectivity index (χ4n) is 4.90. The molecule has 2 aromatic carbocycles. The Bertz CT molecular complexity index is 1110. The third kappa shape index (κ3) is 3.91. The molecule has 5 amide bonds. The summed E-state index contributed by atoms with van der Waals surface area (Å²) in [5, 5.41) is 12.2. The van der Waals surface area contributed by atoms with E-state index in [0.717, 1.165) is 10.5 Å². The SMILES string of the molecule is COC(=O)Nc1ccc(N2C(=O)N(C)C(=O)C23CCN(C(=O)O)CC3Cc2ccccc2)cc1. The number of carboxylic acid groups (broad SMARTS) is 1. The molecule has 0 aliphatic carbocycles. The minimum absolute atomic E-state index is 0.121. The molecule has 2 heterocycles. The average Bonchev–Trinajstić information content (AvgIpc) is 3.02. The van der Waals surface area contributed by atoms with E-state index in [0.29, 0.717) is 17.8 Å². The number of hydrogen-bond donors (Lipinski definition) is 2. The molecule has 2 aromatic rings. The lowest BCUT2D eigenvalue weighted by Gasteiger charge is -2.47. The van der Waals surface area contributed by atoms with Gasteiger partial charge in [0, 0.05) is 37.4 Å². The normalized spacial score (nSPS) is 22.3. The number of methoxy groups -OCH3 is 1. The van der Waals surface area contributed by atoms with Gasteiger partial charge in [-0.05, 0) is 42.7 Å². The number of benzene rings is 2. The standard InChI is InChI=1S/C24H26N4O6/c1-26-20(29)24(28(22(26)31)19-10-8-18(9-11-19)25-21(30)34-2)12-13-27(23(32)33)15-17(24)14-16-6-4-3-5-7-16/h3-11,17H,12-15H2,1-2H3,(H,25,30)(H,32,33). The Morgan fingerprint density at radius 1 is 1.12 bits per heavy atom. The highest BCUT2D eigenvalue weighted by Crippen LogP contribution is 2.44. The number of anilines is 2. The number of carbonyl (C=O) groups is 4. The van der Waals surface area contributed by atoms with Crippen LogP contribution in [0.2, 0.25) is 0 Å². The molecule has 2 atom stereocenters. The summed E-state index contributed by atoms with van der Waals surface area (Å²) < 4.78 is 4.60. The van der Waals surface area contributed by atoms with Gasteiger partial charge >= 0.3 is 18.2 Å². The number of imide groups is 1. The van der Waals surface area contributed by atoms with Crippen molar-refractivity contribution in [3.63, 3.8) is 0 Å². The number of piperidine rings is 1. The van der Waals surface area contributed by atoms with Crippen LogP contribution in [0.1, 0.15) is 12.0 Å². The Hall–Kier alpha value is -4.08. The first-order valence-electron chi connectivity index (χ1n) is 10.9. The van der Waals surface area contributed by atoms with E-state index < -0.39 is 29.7 Å². The van der Waals surface area contributed by atoms with Gasteiger partial charge in [-0.25, -0.2) is 14.4 Å². The van der Waals surface area contributed by atoms with Crippen molar-refractivity contribution in [1.82, 2.24) is 9.80 Å². The third-order valence-electron chi connectivity index (χ3n) is 6.58. The highest BCUT2D eigenvalue weighted by atomic mass is 16.5. The molecule has 178 valence electrons. The zero-order valence-electron chi connectivity index (χ0n) is 18.9. The van der Waals surface area contributed by atoms with Crippen molar-refractivity contribution >= 4 is 35.5 Å². The Labute approximate surface area is 196 Å². The summed E-state index contributed by atoms with van der Waals surface area (Å²) in [6.45, 7) is 0.252. The number of likely N-dealkylation sites (N-methyl/N-ethyl adjacent to an activating group) is 1. The number of ether oxygens (including phenoxy) is 1. The van der Waals surface area contributed by atoms with E-state index in [1.165, 1.54) is 24.0 Å². The van der Waals surface area contributed by atoms with Crippen molar-refractivity contribution in [2.24, 2.45) is 5.92 Å². The molecular weight excluding hydrogens is 440 g/mol. The van der Waals surface area contributed by atoms with E-state index in [2.05, 4.69) is 10.1 Å². The van der Waals surface area contributed by atoms with Gasteiger partial charge in [0.1, 0.15) is 5.54 Å². The number of carbonyl (C=O) groups excluding carboxylic acids is 3. The number of rotatable bonds is 4. The van der Waals surface area contributed by atoms with Gasteiger partial charge in [-0.1, -0.05) is 30.3 Å². The van der Waals surface area contributed by atoms with E-state index in [1.54, 1.807) is 24.3 Å². The van der Waals surface area contributed by atoms with Crippen LogP contribution >= 0.6 is 0 Å². The maximum atomic E-state index is 13.6. The van der Waals surface area contributed by atoms with Crippen LogP contribution in [0.25, 0.3) is 0 Å². The van der Waals surface area contributed by atoms with Crippen LogP contribution in [0.3, 0.4) is 0 Å². The lowest BCUT2D eigenvalue weighted by molar-refractivity contribution is -0.133. The van der Waals surface area contributed by atoms with Crippen LogP contribution in [0.15, 0.2) is 54.6 Å². The molecule has 10 heteroatoms. The lowest BCUT2D eigenvalue weighted by atomic mass is 9.73. The lowest BCUT2D eigenvalue weighted by Crippen LogP contribution is -2.64. The Morgan fingerprint density at radius 3 is 2.41 bits per heavy atom. The van der Waals surface area contributed by atoms with Crippen molar-refractivity contribution in [1.29, 1.82) is 0 Å². The molecule has 10 nitrogen and oxygen atoms in total. The summed E-state index contributed by atoms with van der Waals surface area (Å²) in [4.78, 5) is 54.1.